The van der Waals surface area contributed by atoms with Gasteiger partial charge in [-0.1, -0.05) is 0 Å². The summed E-state index contributed by atoms with van der Waals surface area (Å²) in [6.07, 6.45) is 3.19. The van der Waals surface area contributed by atoms with Crippen LogP contribution in [0.15, 0.2) is 53.6 Å². The third-order valence-corrected chi connectivity index (χ3v) is 4.79. The molecule has 0 aliphatic carbocycles. The van der Waals surface area contributed by atoms with Gasteiger partial charge in [0.15, 0.2) is 0 Å². The predicted molar refractivity (Wildman–Crippen MR) is 89.1 cm³/mol. The second-order valence-electron chi connectivity index (χ2n) is 5.00. The van der Waals surface area contributed by atoms with Crippen LogP contribution < -0.4 is 5.56 Å². The number of aromatic hydroxyl groups is 1. The molecule has 0 atom stereocenters. The number of aromatic nitrogens is 2. The first kappa shape index (κ1) is 13.5. The number of hydrogen-bond acceptors (Lipinski definition) is 5. The first-order chi connectivity index (χ1) is 11.2. The van der Waals surface area contributed by atoms with Gasteiger partial charge in [0.2, 0.25) is 0 Å². The van der Waals surface area contributed by atoms with E-state index in [4.69, 9.17) is 5.26 Å². The smallest absolute Gasteiger partial charge is 0.273 e. The van der Waals surface area contributed by atoms with E-state index in [2.05, 4.69) is 11.1 Å². The van der Waals surface area contributed by atoms with E-state index in [1.54, 1.807) is 36.5 Å². The molecule has 0 bridgehead atoms. The molecule has 0 unspecified atom stereocenters. The Morgan fingerprint density at radius 1 is 1.17 bits per heavy atom. The number of benzene rings is 1. The van der Waals surface area contributed by atoms with E-state index in [1.807, 2.05) is 0 Å². The zero-order valence-corrected chi connectivity index (χ0v) is 12.5. The van der Waals surface area contributed by atoms with Crippen LogP contribution in [0.4, 0.5) is 0 Å². The summed E-state index contributed by atoms with van der Waals surface area (Å²) in [7, 11) is 0. The van der Waals surface area contributed by atoms with Gasteiger partial charge < -0.3 is 5.11 Å². The van der Waals surface area contributed by atoms with Crippen LogP contribution in [0.3, 0.4) is 0 Å². The molecule has 23 heavy (non-hydrogen) atoms. The molecular formula is C17H9N3O2S. The third kappa shape index (κ3) is 1.99. The normalized spacial score (nSPS) is 10.9. The van der Waals surface area contributed by atoms with Crippen molar-refractivity contribution in [2.75, 3.05) is 0 Å². The molecule has 0 radical (unpaired) electrons. The van der Waals surface area contributed by atoms with Gasteiger partial charge in [0.05, 0.1) is 17.0 Å². The maximum absolute atomic E-state index is 12.8. The largest absolute Gasteiger partial charge is 0.507 e. The fourth-order valence-corrected chi connectivity index (χ4v) is 3.66. The van der Waals surface area contributed by atoms with Crippen LogP contribution in [0, 0.1) is 11.3 Å². The Bertz CT molecular complexity index is 1150. The molecule has 0 fully saturated rings. The van der Waals surface area contributed by atoms with Crippen molar-refractivity contribution in [1.29, 1.82) is 5.26 Å². The Kier molecular flexibility index (Phi) is 2.89. The molecule has 1 N–H and O–H groups in total. The quantitative estimate of drug-likeness (QED) is 0.584. The van der Waals surface area contributed by atoms with E-state index in [-0.39, 0.29) is 11.3 Å². The molecular weight excluding hydrogens is 310 g/mol. The summed E-state index contributed by atoms with van der Waals surface area (Å²) in [6.45, 7) is 0. The van der Waals surface area contributed by atoms with Gasteiger partial charge in [-0.05, 0) is 36.4 Å². The van der Waals surface area contributed by atoms with Crippen LogP contribution >= 0.6 is 11.3 Å². The van der Waals surface area contributed by atoms with Crippen LogP contribution in [0.5, 0.6) is 5.75 Å². The maximum atomic E-state index is 12.8. The fourth-order valence-electron chi connectivity index (χ4n) is 2.57. The van der Waals surface area contributed by atoms with E-state index in [9.17, 15) is 9.90 Å². The molecule has 5 nitrogen and oxygen atoms in total. The Morgan fingerprint density at radius 2 is 1.96 bits per heavy atom. The molecule has 0 saturated carbocycles. The maximum Gasteiger partial charge on any atom is 0.273 e. The minimum atomic E-state index is -0.172. The zero-order chi connectivity index (χ0) is 16.0. The topological polar surface area (TPSA) is 78.9 Å². The lowest BCUT2D eigenvalue weighted by Gasteiger charge is -2.05. The summed E-state index contributed by atoms with van der Waals surface area (Å²) in [5.74, 6) is 0.122. The van der Waals surface area contributed by atoms with Crippen molar-refractivity contribution in [1.82, 2.24) is 9.55 Å². The molecule has 0 saturated heterocycles. The van der Waals surface area contributed by atoms with Gasteiger partial charge >= 0.3 is 0 Å². The standard InChI is InChI=1S/C17H9N3O2S/c18-9-10-1-3-11(4-2-10)20-8-6-12-14-13(21)5-7-19-16(14)23-15(12)17(20)22/h1-8H,(H,19,21). The molecule has 110 valence electrons. The lowest BCUT2D eigenvalue weighted by Crippen LogP contribution is -2.16. The first-order valence-corrected chi connectivity index (χ1v) is 7.63. The van der Waals surface area contributed by atoms with Crippen molar-refractivity contribution < 1.29 is 5.11 Å². The number of thiophene rings is 1. The summed E-state index contributed by atoms with van der Waals surface area (Å²) in [5.41, 5.74) is 1.05. The Balaban J connectivity index is 2.01. The van der Waals surface area contributed by atoms with Crippen LogP contribution in [0.25, 0.3) is 26.0 Å². The number of nitrogens with zero attached hydrogens (tertiary/aromatic N) is 3. The van der Waals surface area contributed by atoms with Crippen LogP contribution in [0.2, 0.25) is 0 Å². The number of pyridine rings is 2. The van der Waals surface area contributed by atoms with E-state index in [0.29, 0.717) is 31.6 Å². The van der Waals surface area contributed by atoms with Crippen molar-refractivity contribution >= 4 is 31.6 Å². The van der Waals surface area contributed by atoms with E-state index < -0.39 is 0 Å². The predicted octanol–water partition coefficient (Wildman–Crippen LogP) is 3.18. The minimum absolute atomic E-state index is 0.122. The second-order valence-corrected chi connectivity index (χ2v) is 6.00. The molecule has 0 aliphatic rings. The highest BCUT2D eigenvalue weighted by Gasteiger charge is 2.14. The zero-order valence-electron chi connectivity index (χ0n) is 11.7. The van der Waals surface area contributed by atoms with Crippen LogP contribution in [-0.4, -0.2) is 14.7 Å². The fraction of sp³-hybridized carbons (Fsp3) is 0. The van der Waals surface area contributed by atoms with E-state index in [1.165, 1.54) is 28.2 Å². The van der Waals surface area contributed by atoms with Crippen molar-refractivity contribution in [3.63, 3.8) is 0 Å². The molecule has 6 heteroatoms. The summed E-state index contributed by atoms with van der Waals surface area (Å²) in [6, 6.07) is 12.2. The number of nitriles is 1. The van der Waals surface area contributed by atoms with Crippen molar-refractivity contribution in [3.05, 3.63) is 64.7 Å². The van der Waals surface area contributed by atoms with Gasteiger partial charge in [-0.2, -0.15) is 5.26 Å². The lowest BCUT2D eigenvalue weighted by molar-refractivity contribution is 0.481. The summed E-state index contributed by atoms with van der Waals surface area (Å²) < 4.78 is 2.07. The first-order valence-electron chi connectivity index (χ1n) is 6.81. The third-order valence-electron chi connectivity index (χ3n) is 3.68. The van der Waals surface area contributed by atoms with Crippen LogP contribution in [0.1, 0.15) is 5.56 Å². The average molecular weight is 319 g/mol. The minimum Gasteiger partial charge on any atom is -0.507 e. The summed E-state index contributed by atoms with van der Waals surface area (Å²) in [4.78, 5) is 17.6. The van der Waals surface area contributed by atoms with Gasteiger partial charge in [-0.15, -0.1) is 11.3 Å². The number of hydrogen-bond donors (Lipinski definition) is 1. The summed E-state index contributed by atoms with van der Waals surface area (Å²) >= 11 is 1.26. The SMILES string of the molecule is N#Cc1ccc(-n2ccc3c(sc4nccc(O)c43)c2=O)cc1. The second kappa shape index (κ2) is 4.93. The molecule has 1 aromatic carbocycles. The van der Waals surface area contributed by atoms with Gasteiger partial charge in [-0.25, -0.2) is 4.98 Å². The van der Waals surface area contributed by atoms with E-state index in [0.717, 1.165) is 0 Å². The Labute approximate surface area is 134 Å². The lowest BCUT2D eigenvalue weighted by atomic mass is 10.2. The average Bonchev–Trinajstić information content (AvgIpc) is 2.96. The molecule has 0 aliphatic heterocycles. The number of fused-ring (bicyclic) bond motifs is 3. The van der Waals surface area contributed by atoms with Crippen LogP contribution in [-0.2, 0) is 0 Å². The summed E-state index contributed by atoms with van der Waals surface area (Å²) in [5, 5.41) is 20.2. The molecule has 3 aromatic heterocycles. The van der Waals surface area contributed by atoms with Crippen molar-refractivity contribution in [2.24, 2.45) is 0 Å². The van der Waals surface area contributed by atoms with Gasteiger partial charge in [0, 0.05) is 23.5 Å². The van der Waals surface area contributed by atoms with Gasteiger partial charge in [0.25, 0.3) is 5.56 Å². The molecule has 4 aromatic rings. The Morgan fingerprint density at radius 3 is 2.70 bits per heavy atom. The van der Waals surface area contributed by atoms with Gasteiger partial charge in [-0.3, -0.25) is 9.36 Å². The van der Waals surface area contributed by atoms with E-state index >= 15 is 0 Å². The molecule has 3 heterocycles. The highest BCUT2D eigenvalue weighted by Crippen LogP contribution is 2.35. The molecule has 4 rings (SSSR count). The van der Waals surface area contributed by atoms with Crippen molar-refractivity contribution in [3.8, 4) is 17.5 Å². The van der Waals surface area contributed by atoms with Crippen molar-refractivity contribution in [2.45, 2.75) is 0 Å². The highest BCUT2D eigenvalue weighted by molar-refractivity contribution is 7.25. The Hall–Kier alpha value is -3.17. The number of rotatable bonds is 1. The van der Waals surface area contributed by atoms with Gasteiger partial charge in [0.1, 0.15) is 15.3 Å². The molecule has 0 spiro atoms. The molecule has 0 amide bonds. The highest BCUT2D eigenvalue weighted by atomic mass is 32.1. The monoisotopic (exact) mass is 319 g/mol.